The normalized spacial score (nSPS) is 11.2. The van der Waals surface area contributed by atoms with Crippen molar-refractivity contribution in [2.75, 3.05) is 11.9 Å². The first-order chi connectivity index (χ1) is 15.7. The fraction of sp³-hybridized carbons (Fsp3) is 0.208. The molecule has 5 rings (SSSR count). The Labute approximate surface area is 186 Å². The molecule has 0 saturated carbocycles. The minimum atomic E-state index is 0.653. The number of tetrazole rings is 1. The van der Waals surface area contributed by atoms with E-state index < -0.39 is 0 Å². The van der Waals surface area contributed by atoms with Gasteiger partial charge in [-0.2, -0.15) is 0 Å². The van der Waals surface area contributed by atoms with Crippen LogP contribution in [-0.4, -0.2) is 42.0 Å². The summed E-state index contributed by atoms with van der Waals surface area (Å²) in [6, 6.07) is 18.7. The number of nitrogens with zero attached hydrogens (tertiary/aromatic N) is 7. The van der Waals surface area contributed by atoms with Crippen molar-refractivity contribution in [3.05, 3.63) is 72.3 Å². The van der Waals surface area contributed by atoms with Crippen molar-refractivity contribution < 1.29 is 0 Å². The summed E-state index contributed by atoms with van der Waals surface area (Å²) >= 11 is 0. The molecule has 5 aromatic rings. The number of aromatic amines is 1. The molecule has 2 aromatic carbocycles. The standard InChI is InChI=1S/C24H24N8/c1-4-17-14-22(32-15-25-21(5-2)24(32)26-17)31(3)18-12-10-16(11-13-18)19-8-6-7-9-20(19)23-27-29-30-28-23/h6-15H,4-5H2,1-3H3,(H,27,28,29,30). The van der Waals surface area contributed by atoms with E-state index in [-0.39, 0.29) is 0 Å². The van der Waals surface area contributed by atoms with Crippen LogP contribution in [0.4, 0.5) is 11.5 Å². The summed E-state index contributed by atoms with van der Waals surface area (Å²) in [4.78, 5) is 11.5. The van der Waals surface area contributed by atoms with Crippen molar-refractivity contribution in [1.29, 1.82) is 0 Å². The zero-order valence-corrected chi connectivity index (χ0v) is 18.3. The van der Waals surface area contributed by atoms with Gasteiger partial charge in [-0.25, -0.2) is 15.1 Å². The van der Waals surface area contributed by atoms with Gasteiger partial charge < -0.3 is 4.90 Å². The van der Waals surface area contributed by atoms with Gasteiger partial charge in [-0.1, -0.05) is 50.2 Å². The van der Waals surface area contributed by atoms with Crippen LogP contribution in [0.3, 0.4) is 0 Å². The predicted octanol–water partition coefficient (Wildman–Crippen LogP) is 4.47. The van der Waals surface area contributed by atoms with Gasteiger partial charge in [0, 0.05) is 30.1 Å². The van der Waals surface area contributed by atoms with Crippen LogP contribution in [0.5, 0.6) is 0 Å². The lowest BCUT2D eigenvalue weighted by Crippen LogP contribution is -2.14. The molecular weight excluding hydrogens is 400 g/mol. The van der Waals surface area contributed by atoms with E-state index in [4.69, 9.17) is 4.98 Å². The van der Waals surface area contributed by atoms with Crippen LogP contribution < -0.4 is 4.90 Å². The SMILES string of the molecule is CCc1cc(N(C)c2ccc(-c3ccccc3-c3nnn[nH]3)cc2)n2cnc(CC)c2n1. The maximum Gasteiger partial charge on any atom is 0.180 e. The number of nitrogens with one attached hydrogen (secondary N) is 1. The summed E-state index contributed by atoms with van der Waals surface area (Å²) in [7, 11) is 2.07. The van der Waals surface area contributed by atoms with Crippen LogP contribution in [0.1, 0.15) is 25.2 Å². The van der Waals surface area contributed by atoms with Crippen molar-refractivity contribution in [3.63, 3.8) is 0 Å². The van der Waals surface area contributed by atoms with Gasteiger partial charge in [-0.05, 0) is 46.5 Å². The highest BCUT2D eigenvalue weighted by Crippen LogP contribution is 2.32. The highest BCUT2D eigenvalue weighted by atomic mass is 15.5. The summed E-state index contributed by atoms with van der Waals surface area (Å²) < 4.78 is 2.07. The van der Waals surface area contributed by atoms with Gasteiger partial charge in [0.25, 0.3) is 0 Å². The zero-order chi connectivity index (χ0) is 22.1. The Hall–Kier alpha value is -4.07. The number of aromatic nitrogens is 7. The lowest BCUT2D eigenvalue weighted by atomic mass is 9.99. The Morgan fingerprint density at radius 1 is 0.969 bits per heavy atom. The molecule has 0 unspecified atom stereocenters. The fourth-order valence-electron chi connectivity index (χ4n) is 3.95. The van der Waals surface area contributed by atoms with E-state index in [9.17, 15) is 0 Å². The Balaban J connectivity index is 1.53. The molecule has 160 valence electrons. The number of benzene rings is 2. The number of aryl methyl sites for hydroxylation is 2. The molecule has 8 nitrogen and oxygen atoms in total. The minimum Gasteiger partial charge on any atom is -0.330 e. The van der Waals surface area contributed by atoms with Crippen molar-refractivity contribution >= 4 is 17.2 Å². The van der Waals surface area contributed by atoms with Crippen molar-refractivity contribution in [1.82, 2.24) is 35.0 Å². The first-order valence-electron chi connectivity index (χ1n) is 10.7. The van der Waals surface area contributed by atoms with Gasteiger partial charge in [0.05, 0.1) is 5.69 Å². The Morgan fingerprint density at radius 3 is 2.44 bits per heavy atom. The molecule has 0 radical (unpaired) electrons. The number of fused-ring (bicyclic) bond motifs is 1. The number of rotatable bonds is 6. The number of H-pyrrole nitrogens is 1. The van der Waals surface area contributed by atoms with E-state index in [1.807, 2.05) is 24.5 Å². The van der Waals surface area contributed by atoms with Crippen LogP contribution in [0.25, 0.3) is 28.2 Å². The van der Waals surface area contributed by atoms with Crippen LogP contribution >= 0.6 is 0 Å². The van der Waals surface area contributed by atoms with Crippen LogP contribution in [-0.2, 0) is 12.8 Å². The van der Waals surface area contributed by atoms with E-state index in [1.54, 1.807) is 0 Å². The average molecular weight is 425 g/mol. The molecule has 32 heavy (non-hydrogen) atoms. The van der Waals surface area contributed by atoms with E-state index in [2.05, 4.69) is 92.2 Å². The number of anilines is 2. The molecule has 0 atom stereocenters. The van der Waals surface area contributed by atoms with Crippen LogP contribution in [0, 0.1) is 0 Å². The Bertz CT molecular complexity index is 1350. The van der Waals surface area contributed by atoms with Gasteiger partial charge in [-0.15, -0.1) is 5.10 Å². The third kappa shape index (κ3) is 3.39. The van der Waals surface area contributed by atoms with E-state index in [1.165, 1.54) is 0 Å². The molecule has 3 heterocycles. The summed E-state index contributed by atoms with van der Waals surface area (Å²) in [6.07, 6.45) is 3.59. The predicted molar refractivity (Wildman–Crippen MR) is 125 cm³/mol. The van der Waals surface area contributed by atoms with Crippen LogP contribution in [0.2, 0.25) is 0 Å². The first-order valence-corrected chi connectivity index (χ1v) is 10.7. The quantitative estimate of drug-likeness (QED) is 0.433. The molecule has 0 aliphatic rings. The number of imidazole rings is 1. The van der Waals surface area contributed by atoms with Crippen molar-refractivity contribution in [3.8, 4) is 22.5 Å². The molecule has 0 aliphatic carbocycles. The second-order valence-electron chi connectivity index (χ2n) is 7.60. The van der Waals surface area contributed by atoms with Crippen molar-refractivity contribution in [2.45, 2.75) is 26.7 Å². The molecule has 1 N–H and O–H groups in total. The molecule has 0 aliphatic heterocycles. The monoisotopic (exact) mass is 424 g/mol. The lowest BCUT2D eigenvalue weighted by molar-refractivity contribution is 0.881. The average Bonchev–Trinajstić information content (AvgIpc) is 3.53. The second kappa shape index (κ2) is 8.22. The second-order valence-corrected chi connectivity index (χ2v) is 7.60. The fourth-order valence-corrected chi connectivity index (χ4v) is 3.95. The number of hydrogen-bond donors (Lipinski definition) is 1. The minimum absolute atomic E-state index is 0.653. The first kappa shape index (κ1) is 19.9. The van der Waals surface area contributed by atoms with Gasteiger partial charge in [-0.3, -0.25) is 4.40 Å². The van der Waals surface area contributed by atoms with E-state index in [0.29, 0.717) is 5.82 Å². The van der Waals surface area contributed by atoms with E-state index in [0.717, 1.165) is 58.1 Å². The van der Waals surface area contributed by atoms with Crippen molar-refractivity contribution in [2.24, 2.45) is 0 Å². The van der Waals surface area contributed by atoms with Gasteiger partial charge in [0.15, 0.2) is 11.5 Å². The maximum absolute atomic E-state index is 4.80. The zero-order valence-electron chi connectivity index (χ0n) is 18.3. The summed E-state index contributed by atoms with van der Waals surface area (Å²) in [6.45, 7) is 4.23. The Morgan fingerprint density at radius 2 is 1.75 bits per heavy atom. The highest BCUT2D eigenvalue weighted by Gasteiger charge is 2.15. The van der Waals surface area contributed by atoms with Crippen LogP contribution in [0.15, 0.2) is 60.9 Å². The molecular formula is C24H24N8. The maximum atomic E-state index is 4.80. The molecule has 3 aromatic heterocycles. The molecule has 0 saturated heterocycles. The summed E-state index contributed by atoms with van der Waals surface area (Å²) in [5.41, 5.74) is 7.21. The number of hydrogen-bond acceptors (Lipinski definition) is 6. The summed E-state index contributed by atoms with van der Waals surface area (Å²) in [5.74, 6) is 1.69. The molecule has 0 amide bonds. The molecule has 0 fully saturated rings. The van der Waals surface area contributed by atoms with E-state index >= 15 is 0 Å². The van der Waals surface area contributed by atoms with Gasteiger partial charge in [0.1, 0.15) is 12.1 Å². The third-order valence-corrected chi connectivity index (χ3v) is 5.74. The topological polar surface area (TPSA) is 87.9 Å². The molecule has 8 heteroatoms. The Kier molecular flexibility index (Phi) is 5.10. The lowest BCUT2D eigenvalue weighted by Gasteiger charge is -2.22. The summed E-state index contributed by atoms with van der Waals surface area (Å²) in [5, 5.41) is 14.3. The van der Waals surface area contributed by atoms with Gasteiger partial charge >= 0.3 is 0 Å². The largest absolute Gasteiger partial charge is 0.330 e. The molecule has 0 bridgehead atoms. The highest BCUT2D eigenvalue weighted by molar-refractivity contribution is 5.81. The third-order valence-electron chi connectivity index (χ3n) is 5.74. The molecule has 0 spiro atoms. The smallest absolute Gasteiger partial charge is 0.180 e. The van der Waals surface area contributed by atoms with Gasteiger partial charge in [0.2, 0.25) is 0 Å².